The summed E-state index contributed by atoms with van der Waals surface area (Å²) in [5, 5.41) is 0. The van der Waals surface area contributed by atoms with Crippen LogP contribution in [0.5, 0.6) is 0 Å². The van der Waals surface area contributed by atoms with Crippen LogP contribution in [0.2, 0.25) is 0 Å². The first-order chi connectivity index (χ1) is 5.16. The average Bonchev–Trinajstić information content (AvgIpc) is 2.30. The molecule has 0 aliphatic heterocycles. The highest BCUT2D eigenvalue weighted by Gasteiger charge is 2.10. The predicted octanol–water partition coefficient (Wildman–Crippen LogP) is 0.310. The molecule has 0 atom stereocenters. The summed E-state index contributed by atoms with van der Waals surface area (Å²) in [6.07, 6.45) is 1.62. The molecule has 11 heavy (non-hydrogen) atoms. The Balaban J connectivity index is 3.17. The van der Waals surface area contributed by atoms with Gasteiger partial charge in [0, 0.05) is 6.54 Å². The fourth-order valence-electron chi connectivity index (χ4n) is 1.04. The van der Waals surface area contributed by atoms with Gasteiger partial charge in [0.2, 0.25) is 0 Å². The first kappa shape index (κ1) is 7.78. The Bertz CT molecular complexity index is 277. The highest BCUT2D eigenvalue weighted by atomic mass is 16.1. The van der Waals surface area contributed by atoms with Crippen molar-refractivity contribution in [3.05, 3.63) is 17.7 Å². The first-order valence-corrected chi connectivity index (χ1v) is 3.48. The van der Waals surface area contributed by atoms with Gasteiger partial charge in [0.25, 0.3) is 5.91 Å². The second-order valence-corrected chi connectivity index (χ2v) is 2.33. The van der Waals surface area contributed by atoms with Crippen molar-refractivity contribution in [1.82, 2.24) is 9.55 Å². The van der Waals surface area contributed by atoms with Crippen molar-refractivity contribution in [3.8, 4) is 0 Å². The summed E-state index contributed by atoms with van der Waals surface area (Å²) in [6.45, 7) is 4.43. The summed E-state index contributed by atoms with van der Waals surface area (Å²) < 4.78 is 1.73. The van der Waals surface area contributed by atoms with Gasteiger partial charge in [-0.1, -0.05) is 0 Å². The van der Waals surface area contributed by atoms with Gasteiger partial charge in [0.1, 0.15) is 5.69 Å². The van der Waals surface area contributed by atoms with Gasteiger partial charge in [-0.2, -0.15) is 0 Å². The molecule has 0 saturated carbocycles. The number of hydrogen-bond acceptors (Lipinski definition) is 2. The fraction of sp³-hybridized carbons (Fsp3) is 0.429. The van der Waals surface area contributed by atoms with Crippen molar-refractivity contribution < 1.29 is 4.79 Å². The Morgan fingerprint density at radius 1 is 1.82 bits per heavy atom. The van der Waals surface area contributed by atoms with Crippen LogP contribution in [0.1, 0.15) is 23.1 Å². The summed E-state index contributed by atoms with van der Waals surface area (Å²) >= 11 is 0. The van der Waals surface area contributed by atoms with E-state index in [-0.39, 0.29) is 0 Å². The normalized spacial score (nSPS) is 10.0. The molecule has 0 fully saturated rings. The van der Waals surface area contributed by atoms with Crippen LogP contribution >= 0.6 is 0 Å². The van der Waals surface area contributed by atoms with E-state index in [4.69, 9.17) is 5.73 Å². The monoisotopic (exact) mass is 153 g/mol. The minimum absolute atomic E-state index is 0.415. The molecule has 1 amide bonds. The van der Waals surface area contributed by atoms with E-state index in [1.807, 2.05) is 6.92 Å². The van der Waals surface area contributed by atoms with Crippen molar-refractivity contribution in [3.63, 3.8) is 0 Å². The van der Waals surface area contributed by atoms with Gasteiger partial charge < -0.3 is 10.3 Å². The number of amides is 1. The van der Waals surface area contributed by atoms with Gasteiger partial charge in [0.15, 0.2) is 0 Å². The molecule has 4 nitrogen and oxygen atoms in total. The Hall–Kier alpha value is -1.32. The number of primary amides is 1. The molecule has 60 valence electrons. The molecule has 4 heteroatoms. The predicted molar refractivity (Wildman–Crippen MR) is 41.2 cm³/mol. The zero-order valence-corrected chi connectivity index (χ0v) is 6.66. The molecule has 1 rings (SSSR count). The van der Waals surface area contributed by atoms with E-state index in [1.165, 1.54) is 0 Å². The first-order valence-electron chi connectivity index (χ1n) is 3.48. The van der Waals surface area contributed by atoms with Gasteiger partial charge in [0.05, 0.1) is 12.0 Å². The van der Waals surface area contributed by atoms with Gasteiger partial charge in [-0.25, -0.2) is 4.98 Å². The van der Waals surface area contributed by atoms with E-state index in [9.17, 15) is 4.79 Å². The second kappa shape index (κ2) is 2.74. The van der Waals surface area contributed by atoms with Crippen LogP contribution in [0.4, 0.5) is 0 Å². The summed E-state index contributed by atoms with van der Waals surface area (Å²) in [5.74, 6) is -0.415. The quantitative estimate of drug-likeness (QED) is 0.664. The maximum absolute atomic E-state index is 10.8. The fourth-order valence-corrected chi connectivity index (χ4v) is 1.04. The molecule has 1 heterocycles. The molecule has 0 spiro atoms. The molecular weight excluding hydrogens is 142 g/mol. The number of carbonyl (C=O) groups excluding carboxylic acids is 1. The van der Waals surface area contributed by atoms with Gasteiger partial charge >= 0.3 is 0 Å². The largest absolute Gasteiger partial charge is 0.364 e. The Labute approximate surface area is 65.0 Å². The lowest BCUT2D eigenvalue weighted by Gasteiger charge is -2.00. The standard InChI is InChI=1S/C7H11N3O/c1-3-10-4-9-5(2)6(10)7(8)11/h4H,3H2,1-2H3,(H2,8,11). The van der Waals surface area contributed by atoms with Crippen LogP contribution in [0.15, 0.2) is 6.33 Å². The van der Waals surface area contributed by atoms with Crippen molar-refractivity contribution >= 4 is 5.91 Å². The van der Waals surface area contributed by atoms with Crippen molar-refractivity contribution in [1.29, 1.82) is 0 Å². The van der Waals surface area contributed by atoms with E-state index in [1.54, 1.807) is 17.8 Å². The number of hydrogen-bond donors (Lipinski definition) is 1. The van der Waals surface area contributed by atoms with Crippen molar-refractivity contribution in [2.24, 2.45) is 5.73 Å². The lowest BCUT2D eigenvalue weighted by Crippen LogP contribution is -2.17. The lowest BCUT2D eigenvalue weighted by atomic mass is 10.3. The molecule has 1 aromatic heterocycles. The number of nitrogens with two attached hydrogens (primary N) is 1. The van der Waals surface area contributed by atoms with Crippen LogP contribution in [-0.2, 0) is 6.54 Å². The molecule has 0 unspecified atom stereocenters. The third kappa shape index (κ3) is 1.24. The number of imidazole rings is 1. The maximum Gasteiger partial charge on any atom is 0.267 e. The van der Waals surface area contributed by atoms with Crippen molar-refractivity contribution in [2.75, 3.05) is 0 Å². The van der Waals surface area contributed by atoms with Crippen LogP contribution in [0.3, 0.4) is 0 Å². The van der Waals surface area contributed by atoms with E-state index in [0.29, 0.717) is 11.4 Å². The summed E-state index contributed by atoms with van der Waals surface area (Å²) in [5.41, 5.74) is 6.34. The molecule has 2 N–H and O–H groups in total. The van der Waals surface area contributed by atoms with Crippen LogP contribution in [0.25, 0.3) is 0 Å². The number of aryl methyl sites for hydroxylation is 2. The average molecular weight is 153 g/mol. The second-order valence-electron chi connectivity index (χ2n) is 2.33. The maximum atomic E-state index is 10.8. The minimum atomic E-state index is -0.415. The van der Waals surface area contributed by atoms with Crippen LogP contribution < -0.4 is 5.73 Å². The van der Waals surface area contributed by atoms with Gasteiger partial charge in [-0.15, -0.1) is 0 Å². The van der Waals surface area contributed by atoms with Gasteiger partial charge in [-0.3, -0.25) is 4.79 Å². The van der Waals surface area contributed by atoms with E-state index < -0.39 is 5.91 Å². The summed E-state index contributed by atoms with van der Waals surface area (Å²) in [6, 6.07) is 0. The SMILES string of the molecule is CCn1cnc(C)c1C(N)=O. The van der Waals surface area contributed by atoms with Crippen LogP contribution in [0, 0.1) is 6.92 Å². The highest BCUT2D eigenvalue weighted by Crippen LogP contribution is 2.04. The molecule has 0 bridgehead atoms. The molecular formula is C7H11N3O. The topological polar surface area (TPSA) is 60.9 Å². The molecule has 0 saturated heterocycles. The smallest absolute Gasteiger partial charge is 0.267 e. The van der Waals surface area contributed by atoms with Crippen LogP contribution in [-0.4, -0.2) is 15.5 Å². The Morgan fingerprint density at radius 3 is 2.82 bits per heavy atom. The molecule has 0 radical (unpaired) electrons. The summed E-state index contributed by atoms with van der Waals surface area (Å²) in [4.78, 5) is 14.8. The molecule has 0 aliphatic carbocycles. The number of carbonyl (C=O) groups is 1. The molecule has 1 aromatic rings. The van der Waals surface area contributed by atoms with E-state index >= 15 is 0 Å². The zero-order valence-electron chi connectivity index (χ0n) is 6.66. The van der Waals surface area contributed by atoms with Gasteiger partial charge in [-0.05, 0) is 13.8 Å². The third-order valence-corrected chi connectivity index (χ3v) is 1.59. The molecule has 0 aromatic carbocycles. The Kier molecular flexibility index (Phi) is 1.94. The molecule has 0 aliphatic rings. The zero-order chi connectivity index (χ0) is 8.43. The minimum Gasteiger partial charge on any atom is -0.364 e. The lowest BCUT2D eigenvalue weighted by molar-refractivity contribution is 0.0991. The number of aromatic nitrogens is 2. The highest BCUT2D eigenvalue weighted by molar-refractivity contribution is 5.92. The third-order valence-electron chi connectivity index (χ3n) is 1.59. The summed E-state index contributed by atoms with van der Waals surface area (Å²) in [7, 11) is 0. The van der Waals surface area contributed by atoms with Crippen molar-refractivity contribution in [2.45, 2.75) is 20.4 Å². The van der Waals surface area contributed by atoms with E-state index in [2.05, 4.69) is 4.98 Å². The van der Waals surface area contributed by atoms with E-state index in [0.717, 1.165) is 6.54 Å². The number of rotatable bonds is 2. The number of nitrogens with zero attached hydrogens (tertiary/aromatic N) is 2. The Morgan fingerprint density at radius 2 is 2.45 bits per heavy atom.